The summed E-state index contributed by atoms with van der Waals surface area (Å²) in [7, 11) is 1.66. The first-order valence-electron chi connectivity index (χ1n) is 7.70. The van der Waals surface area contributed by atoms with E-state index in [0.717, 1.165) is 19.4 Å². The molecular formula is C14H26F3IN4O. The van der Waals surface area contributed by atoms with Crippen molar-refractivity contribution in [2.75, 3.05) is 39.8 Å². The predicted octanol–water partition coefficient (Wildman–Crippen LogP) is 1.98. The van der Waals surface area contributed by atoms with E-state index in [0.29, 0.717) is 32.0 Å². The number of hydrogen-bond donors (Lipinski definition) is 2. The van der Waals surface area contributed by atoms with Gasteiger partial charge in [0, 0.05) is 39.3 Å². The van der Waals surface area contributed by atoms with Gasteiger partial charge in [-0.3, -0.25) is 9.89 Å². The predicted molar refractivity (Wildman–Crippen MR) is 94.4 cm³/mol. The molecule has 23 heavy (non-hydrogen) atoms. The van der Waals surface area contributed by atoms with Crippen LogP contribution in [-0.2, 0) is 4.74 Å². The Balaban J connectivity index is 0.00000264. The number of guanidine groups is 1. The fourth-order valence-electron chi connectivity index (χ4n) is 2.98. The first-order valence-corrected chi connectivity index (χ1v) is 7.70. The third kappa shape index (κ3) is 7.00. The number of nitrogens with zero attached hydrogens (tertiary/aromatic N) is 2. The molecule has 2 saturated heterocycles. The average Bonchev–Trinajstić information content (AvgIpc) is 3.03. The average molecular weight is 450 g/mol. The van der Waals surface area contributed by atoms with Crippen molar-refractivity contribution in [3.63, 3.8) is 0 Å². The molecular weight excluding hydrogens is 424 g/mol. The van der Waals surface area contributed by atoms with Crippen LogP contribution >= 0.6 is 24.0 Å². The molecule has 2 aliphatic rings. The standard InChI is InChI=1S/C14H25F3N4O.HI/c1-13(5-3-7-22-13)9-19-12(18-2)20-11-4-6-21(8-11)10-14(15,16)17;/h11H,3-10H2,1-2H3,(H2,18,19,20);1H. The third-order valence-electron chi connectivity index (χ3n) is 4.17. The van der Waals surface area contributed by atoms with Crippen LogP contribution in [0.1, 0.15) is 26.2 Å². The third-order valence-corrected chi connectivity index (χ3v) is 4.17. The lowest BCUT2D eigenvalue weighted by molar-refractivity contribution is -0.143. The van der Waals surface area contributed by atoms with Gasteiger partial charge in [-0.1, -0.05) is 0 Å². The molecule has 2 fully saturated rings. The number of ether oxygens (including phenoxy) is 1. The lowest BCUT2D eigenvalue weighted by Crippen LogP contribution is -2.49. The molecule has 0 radical (unpaired) electrons. The number of nitrogens with one attached hydrogen (secondary N) is 2. The molecule has 2 rings (SSSR count). The first-order chi connectivity index (χ1) is 10.3. The second-order valence-electron chi connectivity index (χ2n) is 6.31. The summed E-state index contributed by atoms with van der Waals surface area (Å²) in [6.45, 7) is 3.47. The monoisotopic (exact) mass is 450 g/mol. The topological polar surface area (TPSA) is 48.9 Å². The second kappa shape index (κ2) is 8.70. The summed E-state index contributed by atoms with van der Waals surface area (Å²) in [6.07, 6.45) is -1.40. The van der Waals surface area contributed by atoms with E-state index in [1.807, 2.05) is 0 Å². The van der Waals surface area contributed by atoms with Crippen LogP contribution in [0, 0.1) is 0 Å². The van der Waals surface area contributed by atoms with Crippen LogP contribution in [0.25, 0.3) is 0 Å². The molecule has 2 atom stereocenters. The summed E-state index contributed by atoms with van der Waals surface area (Å²) in [5, 5.41) is 6.41. The first kappa shape index (κ1) is 20.8. The summed E-state index contributed by atoms with van der Waals surface area (Å²) >= 11 is 0. The molecule has 0 bridgehead atoms. The molecule has 0 aliphatic carbocycles. The zero-order valence-corrected chi connectivity index (χ0v) is 15.9. The Labute approximate surface area is 152 Å². The van der Waals surface area contributed by atoms with E-state index in [-0.39, 0.29) is 35.6 Å². The Morgan fingerprint density at radius 2 is 2.17 bits per heavy atom. The zero-order valence-electron chi connectivity index (χ0n) is 13.6. The van der Waals surface area contributed by atoms with Crippen LogP contribution in [0.3, 0.4) is 0 Å². The highest BCUT2D eigenvalue weighted by molar-refractivity contribution is 14.0. The molecule has 9 heteroatoms. The van der Waals surface area contributed by atoms with Crippen molar-refractivity contribution in [2.24, 2.45) is 4.99 Å². The van der Waals surface area contributed by atoms with Crippen molar-refractivity contribution in [3.8, 4) is 0 Å². The SMILES string of the molecule is CN=C(NCC1(C)CCCO1)NC1CCN(CC(F)(F)F)C1.I. The number of hydrogen-bond acceptors (Lipinski definition) is 3. The Kier molecular flexibility index (Phi) is 7.85. The smallest absolute Gasteiger partial charge is 0.373 e. The summed E-state index contributed by atoms with van der Waals surface area (Å²) < 4.78 is 42.9. The van der Waals surface area contributed by atoms with E-state index in [1.54, 1.807) is 7.05 Å². The van der Waals surface area contributed by atoms with Crippen molar-refractivity contribution in [1.29, 1.82) is 0 Å². The fourth-order valence-corrected chi connectivity index (χ4v) is 2.98. The summed E-state index contributed by atoms with van der Waals surface area (Å²) in [5.74, 6) is 0.621. The highest BCUT2D eigenvalue weighted by atomic mass is 127. The maximum absolute atomic E-state index is 12.4. The number of alkyl halides is 3. The van der Waals surface area contributed by atoms with Crippen molar-refractivity contribution in [3.05, 3.63) is 0 Å². The molecule has 0 amide bonds. The van der Waals surface area contributed by atoms with Gasteiger partial charge in [-0.15, -0.1) is 24.0 Å². The molecule has 5 nitrogen and oxygen atoms in total. The zero-order chi connectivity index (χ0) is 16.2. The van der Waals surface area contributed by atoms with Gasteiger partial charge in [-0.05, 0) is 26.2 Å². The lowest BCUT2D eigenvalue weighted by Gasteiger charge is -2.26. The molecule has 2 heterocycles. The minimum Gasteiger partial charge on any atom is -0.373 e. The molecule has 2 N–H and O–H groups in total. The maximum atomic E-state index is 12.4. The van der Waals surface area contributed by atoms with Crippen molar-refractivity contribution in [1.82, 2.24) is 15.5 Å². The molecule has 0 saturated carbocycles. The fraction of sp³-hybridized carbons (Fsp3) is 0.929. The van der Waals surface area contributed by atoms with Crippen LogP contribution in [0.4, 0.5) is 13.2 Å². The second-order valence-corrected chi connectivity index (χ2v) is 6.31. The normalized spacial score (nSPS) is 29.4. The van der Waals surface area contributed by atoms with Crippen molar-refractivity contribution in [2.45, 2.75) is 44.0 Å². The van der Waals surface area contributed by atoms with Crippen LogP contribution < -0.4 is 10.6 Å². The van der Waals surface area contributed by atoms with Crippen molar-refractivity contribution >= 4 is 29.9 Å². The van der Waals surface area contributed by atoms with Gasteiger partial charge in [-0.25, -0.2) is 0 Å². The molecule has 0 aromatic heterocycles. The van der Waals surface area contributed by atoms with Gasteiger partial charge in [0.1, 0.15) is 0 Å². The molecule has 0 aromatic rings. The van der Waals surface area contributed by atoms with Gasteiger partial charge < -0.3 is 15.4 Å². The molecule has 136 valence electrons. The van der Waals surface area contributed by atoms with Gasteiger partial charge in [-0.2, -0.15) is 13.2 Å². The van der Waals surface area contributed by atoms with E-state index < -0.39 is 12.7 Å². The highest BCUT2D eigenvalue weighted by Crippen LogP contribution is 2.24. The van der Waals surface area contributed by atoms with Gasteiger partial charge in [0.15, 0.2) is 5.96 Å². The number of rotatable bonds is 4. The lowest BCUT2D eigenvalue weighted by atomic mass is 10.0. The van der Waals surface area contributed by atoms with E-state index >= 15 is 0 Å². The number of halogens is 4. The van der Waals surface area contributed by atoms with E-state index in [4.69, 9.17) is 4.74 Å². The molecule has 2 unspecified atom stereocenters. The Bertz CT molecular complexity index is 400. The van der Waals surface area contributed by atoms with E-state index in [2.05, 4.69) is 22.5 Å². The Hall–Kier alpha value is -0.290. The number of aliphatic imine (C=N–C) groups is 1. The van der Waals surface area contributed by atoms with E-state index in [1.165, 1.54) is 4.90 Å². The minimum absolute atomic E-state index is 0. The molecule has 0 aromatic carbocycles. The van der Waals surface area contributed by atoms with Gasteiger partial charge in [0.2, 0.25) is 0 Å². The minimum atomic E-state index is -4.14. The maximum Gasteiger partial charge on any atom is 0.401 e. The Morgan fingerprint density at radius 3 is 2.74 bits per heavy atom. The summed E-state index contributed by atoms with van der Waals surface area (Å²) in [4.78, 5) is 5.56. The summed E-state index contributed by atoms with van der Waals surface area (Å²) in [5.41, 5.74) is -0.185. The van der Waals surface area contributed by atoms with Crippen LogP contribution in [-0.4, -0.2) is 68.5 Å². The van der Waals surface area contributed by atoms with Crippen LogP contribution in [0.15, 0.2) is 4.99 Å². The molecule has 0 spiro atoms. The summed E-state index contributed by atoms with van der Waals surface area (Å²) in [6, 6.07) is -0.00847. The quantitative estimate of drug-likeness (QED) is 0.391. The number of likely N-dealkylation sites (tertiary alicyclic amines) is 1. The highest BCUT2D eigenvalue weighted by Gasteiger charge is 2.35. The van der Waals surface area contributed by atoms with Gasteiger partial charge >= 0.3 is 6.18 Å². The van der Waals surface area contributed by atoms with Crippen LogP contribution in [0.5, 0.6) is 0 Å². The van der Waals surface area contributed by atoms with Crippen LogP contribution in [0.2, 0.25) is 0 Å². The van der Waals surface area contributed by atoms with E-state index in [9.17, 15) is 13.2 Å². The van der Waals surface area contributed by atoms with Gasteiger partial charge in [0.05, 0.1) is 12.1 Å². The largest absolute Gasteiger partial charge is 0.401 e. The Morgan fingerprint density at radius 1 is 1.43 bits per heavy atom. The van der Waals surface area contributed by atoms with Gasteiger partial charge in [0.25, 0.3) is 0 Å². The van der Waals surface area contributed by atoms with Crippen molar-refractivity contribution < 1.29 is 17.9 Å². The molecule has 2 aliphatic heterocycles.